The van der Waals surface area contributed by atoms with Gasteiger partial charge in [-0.2, -0.15) is 0 Å². The van der Waals surface area contributed by atoms with Gasteiger partial charge in [-0.05, 0) is 6.42 Å². The van der Waals surface area contributed by atoms with Gasteiger partial charge in [0.25, 0.3) is 0 Å². The molecule has 0 aliphatic rings. The Bertz CT molecular complexity index is 329. The molecule has 6 heteroatoms. The third-order valence-corrected chi connectivity index (χ3v) is 1.83. The molecular weight excluding hydrogens is 232 g/mol. The van der Waals surface area contributed by atoms with Gasteiger partial charge in [-0.3, -0.25) is 0 Å². The molecule has 5 nitrogen and oxygen atoms in total. The van der Waals surface area contributed by atoms with Crippen molar-refractivity contribution in [2.45, 2.75) is 13.3 Å². The molecule has 1 aromatic rings. The van der Waals surface area contributed by atoms with Crippen LogP contribution in [-0.4, -0.2) is 35.8 Å². The molecule has 88 valence electrons. The predicted molar refractivity (Wildman–Crippen MR) is 58.4 cm³/mol. The second kappa shape index (κ2) is 7.14. The van der Waals surface area contributed by atoms with Gasteiger partial charge in [-0.1, -0.05) is 18.5 Å². The maximum atomic E-state index is 11.4. The average molecular weight is 245 g/mol. The monoisotopic (exact) mass is 244 g/mol. The van der Waals surface area contributed by atoms with E-state index < -0.39 is 5.97 Å². The van der Waals surface area contributed by atoms with Gasteiger partial charge < -0.3 is 9.47 Å². The summed E-state index contributed by atoms with van der Waals surface area (Å²) >= 11 is 5.53. The maximum absolute atomic E-state index is 11.4. The largest absolute Gasteiger partial charge is 0.458 e. The SMILES string of the molecule is CCCOCCOC(=O)c1cnc(Cl)cn1. The fourth-order valence-corrected chi connectivity index (χ4v) is 1.03. The number of nitrogens with zero attached hydrogens (tertiary/aromatic N) is 2. The molecule has 1 rings (SSSR count). The Labute approximate surface area is 98.8 Å². The summed E-state index contributed by atoms with van der Waals surface area (Å²) in [6.45, 7) is 3.28. The van der Waals surface area contributed by atoms with Crippen molar-refractivity contribution in [1.82, 2.24) is 9.97 Å². The summed E-state index contributed by atoms with van der Waals surface area (Å²) in [5.74, 6) is -0.524. The summed E-state index contributed by atoms with van der Waals surface area (Å²) in [6, 6.07) is 0. The Morgan fingerprint density at radius 1 is 1.31 bits per heavy atom. The van der Waals surface area contributed by atoms with Crippen LogP contribution >= 0.6 is 11.6 Å². The van der Waals surface area contributed by atoms with E-state index in [2.05, 4.69) is 9.97 Å². The lowest BCUT2D eigenvalue weighted by Gasteiger charge is -2.04. The molecule has 0 aliphatic carbocycles. The summed E-state index contributed by atoms with van der Waals surface area (Å²) in [6.07, 6.45) is 3.51. The van der Waals surface area contributed by atoms with E-state index in [4.69, 9.17) is 21.1 Å². The highest BCUT2D eigenvalue weighted by Gasteiger charge is 2.08. The first-order chi connectivity index (χ1) is 7.74. The quantitative estimate of drug-likeness (QED) is 0.563. The lowest BCUT2D eigenvalue weighted by atomic mass is 10.4. The minimum absolute atomic E-state index is 0.139. The van der Waals surface area contributed by atoms with Crippen molar-refractivity contribution >= 4 is 17.6 Å². The standard InChI is InChI=1S/C10H13ClN2O3/c1-2-3-15-4-5-16-10(14)8-6-13-9(11)7-12-8/h6-7H,2-5H2,1H3. The topological polar surface area (TPSA) is 61.3 Å². The van der Waals surface area contributed by atoms with Crippen molar-refractivity contribution < 1.29 is 14.3 Å². The summed E-state index contributed by atoms with van der Waals surface area (Å²) in [7, 11) is 0. The molecule has 0 spiro atoms. The number of esters is 1. The first kappa shape index (κ1) is 12.9. The Morgan fingerprint density at radius 3 is 2.75 bits per heavy atom. The Hall–Kier alpha value is -1.20. The number of ether oxygens (including phenoxy) is 2. The molecule has 0 atom stereocenters. The second-order valence-corrected chi connectivity index (χ2v) is 3.36. The molecule has 0 fully saturated rings. The fourth-order valence-electron chi connectivity index (χ4n) is 0.931. The van der Waals surface area contributed by atoms with Gasteiger partial charge in [-0.25, -0.2) is 14.8 Å². The van der Waals surface area contributed by atoms with Gasteiger partial charge in [0.05, 0.1) is 19.0 Å². The van der Waals surface area contributed by atoms with Crippen LogP contribution in [0.1, 0.15) is 23.8 Å². The van der Waals surface area contributed by atoms with Crippen LogP contribution in [-0.2, 0) is 9.47 Å². The number of carbonyl (C=O) groups excluding carboxylic acids is 1. The average Bonchev–Trinajstić information content (AvgIpc) is 2.29. The van der Waals surface area contributed by atoms with Crippen LogP contribution in [0.15, 0.2) is 12.4 Å². The number of carbonyl (C=O) groups is 1. The minimum Gasteiger partial charge on any atom is -0.458 e. The molecule has 0 N–H and O–H groups in total. The van der Waals surface area contributed by atoms with Gasteiger partial charge in [0.1, 0.15) is 11.8 Å². The van der Waals surface area contributed by atoms with Crippen molar-refractivity contribution in [3.05, 3.63) is 23.2 Å². The second-order valence-electron chi connectivity index (χ2n) is 2.97. The van der Waals surface area contributed by atoms with Crippen molar-refractivity contribution in [2.75, 3.05) is 19.8 Å². The van der Waals surface area contributed by atoms with Gasteiger partial charge >= 0.3 is 5.97 Å². The Balaban J connectivity index is 2.27. The van der Waals surface area contributed by atoms with E-state index in [0.717, 1.165) is 6.42 Å². The van der Waals surface area contributed by atoms with Gasteiger partial charge in [0, 0.05) is 6.61 Å². The molecule has 0 aromatic carbocycles. The normalized spacial score (nSPS) is 10.1. The first-order valence-corrected chi connectivity index (χ1v) is 5.34. The molecule has 1 aromatic heterocycles. The van der Waals surface area contributed by atoms with Crippen molar-refractivity contribution in [1.29, 1.82) is 0 Å². The van der Waals surface area contributed by atoms with Gasteiger partial charge in [0.15, 0.2) is 5.69 Å². The van der Waals surface area contributed by atoms with E-state index >= 15 is 0 Å². The van der Waals surface area contributed by atoms with Gasteiger partial charge in [0.2, 0.25) is 0 Å². The van der Waals surface area contributed by atoms with Crippen LogP contribution < -0.4 is 0 Å². The zero-order chi connectivity index (χ0) is 11.8. The number of rotatable bonds is 6. The van der Waals surface area contributed by atoms with Crippen LogP contribution in [0.5, 0.6) is 0 Å². The lowest BCUT2D eigenvalue weighted by Crippen LogP contribution is -2.12. The molecular formula is C10H13ClN2O3. The van der Waals surface area contributed by atoms with Crippen LogP contribution in [0.4, 0.5) is 0 Å². The first-order valence-electron chi connectivity index (χ1n) is 4.96. The van der Waals surface area contributed by atoms with Crippen LogP contribution in [0, 0.1) is 0 Å². The molecule has 0 saturated heterocycles. The van der Waals surface area contributed by atoms with E-state index in [9.17, 15) is 4.79 Å². The highest BCUT2D eigenvalue weighted by Crippen LogP contribution is 2.02. The van der Waals surface area contributed by atoms with Crippen molar-refractivity contribution in [2.24, 2.45) is 0 Å². The van der Waals surface area contributed by atoms with Crippen molar-refractivity contribution in [3.63, 3.8) is 0 Å². The van der Waals surface area contributed by atoms with Crippen LogP contribution in [0.3, 0.4) is 0 Å². The number of halogens is 1. The summed E-state index contributed by atoms with van der Waals surface area (Å²) in [5, 5.41) is 0.239. The summed E-state index contributed by atoms with van der Waals surface area (Å²) < 4.78 is 10.1. The van der Waals surface area contributed by atoms with E-state index in [-0.39, 0.29) is 17.5 Å². The van der Waals surface area contributed by atoms with E-state index in [1.54, 1.807) is 0 Å². The summed E-state index contributed by atoms with van der Waals surface area (Å²) in [5.41, 5.74) is 0.139. The smallest absolute Gasteiger partial charge is 0.358 e. The van der Waals surface area contributed by atoms with E-state index in [0.29, 0.717) is 13.2 Å². The van der Waals surface area contributed by atoms with E-state index in [1.807, 2.05) is 6.92 Å². The molecule has 0 bridgehead atoms. The maximum Gasteiger partial charge on any atom is 0.358 e. The highest BCUT2D eigenvalue weighted by molar-refractivity contribution is 6.29. The fraction of sp³-hybridized carbons (Fsp3) is 0.500. The van der Waals surface area contributed by atoms with Gasteiger partial charge in [-0.15, -0.1) is 0 Å². The molecule has 1 heterocycles. The molecule has 0 amide bonds. The number of hydrogen-bond acceptors (Lipinski definition) is 5. The molecule has 16 heavy (non-hydrogen) atoms. The zero-order valence-electron chi connectivity index (χ0n) is 8.98. The highest BCUT2D eigenvalue weighted by atomic mass is 35.5. The molecule has 0 radical (unpaired) electrons. The van der Waals surface area contributed by atoms with E-state index in [1.165, 1.54) is 12.4 Å². The van der Waals surface area contributed by atoms with Crippen LogP contribution in [0.2, 0.25) is 5.15 Å². The Kier molecular flexibility index (Phi) is 5.74. The molecule has 0 saturated carbocycles. The lowest BCUT2D eigenvalue weighted by molar-refractivity contribution is 0.0312. The third kappa shape index (κ3) is 4.55. The zero-order valence-corrected chi connectivity index (χ0v) is 9.74. The summed E-state index contributed by atoms with van der Waals surface area (Å²) in [4.78, 5) is 18.9. The number of aromatic nitrogens is 2. The predicted octanol–water partition coefficient (Wildman–Crippen LogP) is 1.71. The Morgan fingerprint density at radius 2 is 2.12 bits per heavy atom. The third-order valence-electron chi connectivity index (χ3n) is 1.64. The van der Waals surface area contributed by atoms with Crippen molar-refractivity contribution in [3.8, 4) is 0 Å². The number of hydrogen-bond donors (Lipinski definition) is 0. The minimum atomic E-state index is -0.524. The van der Waals surface area contributed by atoms with Crippen LogP contribution in [0.25, 0.3) is 0 Å². The molecule has 0 unspecified atom stereocenters. The molecule has 0 aliphatic heterocycles.